The van der Waals surface area contributed by atoms with Gasteiger partial charge in [-0.3, -0.25) is 9.59 Å². The van der Waals surface area contributed by atoms with Gasteiger partial charge in [0.15, 0.2) is 0 Å². The fourth-order valence-corrected chi connectivity index (χ4v) is 3.01. The Bertz CT molecular complexity index is 1070. The number of rotatable bonds is 8. The molecule has 0 saturated heterocycles. The molecule has 0 spiro atoms. The summed E-state index contributed by atoms with van der Waals surface area (Å²) < 4.78 is 9.65. The van der Waals surface area contributed by atoms with Crippen molar-refractivity contribution in [1.29, 1.82) is 0 Å². The summed E-state index contributed by atoms with van der Waals surface area (Å²) >= 11 is 0. The van der Waals surface area contributed by atoms with Crippen LogP contribution in [0.4, 0.5) is 5.69 Å². The topological polar surface area (TPSA) is 140 Å². The SMILES string of the molecule is CCOC(=O)C[C@@H](Cc1ccc(-c2cccc(N)c2)cc1)NC(=O)c1n[nH]c(=O)o1. The third kappa shape index (κ3) is 5.57. The van der Waals surface area contributed by atoms with Gasteiger partial charge in [-0.05, 0) is 42.2 Å². The van der Waals surface area contributed by atoms with Crippen molar-refractivity contribution in [2.24, 2.45) is 0 Å². The van der Waals surface area contributed by atoms with Gasteiger partial charge in [-0.25, -0.2) is 9.89 Å². The van der Waals surface area contributed by atoms with Crippen molar-refractivity contribution in [3.8, 4) is 11.1 Å². The summed E-state index contributed by atoms with van der Waals surface area (Å²) in [6.07, 6.45) is 0.335. The maximum Gasteiger partial charge on any atom is 0.434 e. The minimum Gasteiger partial charge on any atom is -0.466 e. The summed E-state index contributed by atoms with van der Waals surface area (Å²) in [7, 11) is 0. The maximum atomic E-state index is 12.3. The predicted molar refractivity (Wildman–Crippen MR) is 110 cm³/mol. The average Bonchev–Trinajstić information content (AvgIpc) is 3.15. The molecule has 1 amide bonds. The third-order valence-corrected chi connectivity index (χ3v) is 4.34. The van der Waals surface area contributed by atoms with Crippen molar-refractivity contribution in [1.82, 2.24) is 15.5 Å². The van der Waals surface area contributed by atoms with Crippen LogP contribution in [-0.2, 0) is 16.0 Å². The highest BCUT2D eigenvalue weighted by molar-refractivity contribution is 5.89. The van der Waals surface area contributed by atoms with E-state index in [1.807, 2.05) is 53.6 Å². The number of nitrogens with zero attached hydrogens (tertiary/aromatic N) is 1. The molecular weight excluding hydrogens is 388 g/mol. The summed E-state index contributed by atoms with van der Waals surface area (Å²) in [5.74, 6) is -2.37. The highest BCUT2D eigenvalue weighted by Crippen LogP contribution is 2.22. The molecule has 0 aliphatic heterocycles. The third-order valence-electron chi connectivity index (χ3n) is 4.34. The number of hydrogen-bond acceptors (Lipinski definition) is 7. The van der Waals surface area contributed by atoms with Crippen LogP contribution in [0.25, 0.3) is 11.1 Å². The standard InChI is InChI=1S/C21H22N4O5/c1-2-29-18(26)12-17(23-19(27)20-24-25-21(28)30-20)10-13-6-8-14(9-7-13)15-4-3-5-16(22)11-15/h3-9,11,17H,2,10,12,22H2,1H3,(H,23,27)(H,25,28)/t17-/m1/s1. The molecule has 9 heteroatoms. The number of aromatic nitrogens is 2. The average molecular weight is 410 g/mol. The first-order valence-corrected chi connectivity index (χ1v) is 9.41. The van der Waals surface area contributed by atoms with Crippen molar-refractivity contribution < 1.29 is 18.7 Å². The summed E-state index contributed by atoms with van der Waals surface area (Å²) in [6, 6.07) is 14.7. The molecule has 0 bridgehead atoms. The van der Waals surface area contributed by atoms with E-state index < -0.39 is 29.6 Å². The van der Waals surface area contributed by atoms with E-state index in [4.69, 9.17) is 10.5 Å². The van der Waals surface area contributed by atoms with E-state index in [1.165, 1.54) is 0 Å². The highest BCUT2D eigenvalue weighted by atomic mass is 16.5. The lowest BCUT2D eigenvalue weighted by atomic mass is 9.99. The lowest BCUT2D eigenvalue weighted by molar-refractivity contribution is -0.143. The highest BCUT2D eigenvalue weighted by Gasteiger charge is 2.21. The second-order valence-electron chi connectivity index (χ2n) is 6.62. The van der Waals surface area contributed by atoms with Gasteiger partial charge in [0.05, 0.1) is 13.0 Å². The number of nitrogens with one attached hydrogen (secondary N) is 2. The zero-order valence-corrected chi connectivity index (χ0v) is 16.4. The number of benzene rings is 2. The molecule has 3 aromatic rings. The van der Waals surface area contributed by atoms with Crippen molar-refractivity contribution in [2.75, 3.05) is 12.3 Å². The second-order valence-corrected chi connectivity index (χ2v) is 6.62. The van der Waals surface area contributed by atoms with Gasteiger partial charge in [0.1, 0.15) is 0 Å². The zero-order chi connectivity index (χ0) is 21.5. The molecular formula is C21H22N4O5. The van der Waals surface area contributed by atoms with Crippen LogP contribution in [0.1, 0.15) is 29.6 Å². The monoisotopic (exact) mass is 410 g/mol. The van der Waals surface area contributed by atoms with E-state index in [9.17, 15) is 14.4 Å². The van der Waals surface area contributed by atoms with Crippen molar-refractivity contribution >= 4 is 17.6 Å². The Kier molecular flexibility index (Phi) is 6.63. The molecule has 3 rings (SSSR count). The molecule has 156 valence electrons. The molecule has 0 fully saturated rings. The molecule has 0 saturated carbocycles. The number of carbonyl (C=O) groups is 2. The van der Waals surface area contributed by atoms with Gasteiger partial charge in [-0.15, -0.1) is 5.10 Å². The Labute approximate surface area is 172 Å². The number of esters is 1. The minimum absolute atomic E-state index is 0.0365. The van der Waals surface area contributed by atoms with Gasteiger partial charge in [0.25, 0.3) is 0 Å². The molecule has 1 aromatic heterocycles. The largest absolute Gasteiger partial charge is 0.466 e. The van der Waals surface area contributed by atoms with E-state index in [0.29, 0.717) is 12.1 Å². The Balaban J connectivity index is 1.73. The molecule has 0 aliphatic carbocycles. The van der Waals surface area contributed by atoms with Crippen LogP contribution in [0, 0.1) is 0 Å². The lowest BCUT2D eigenvalue weighted by Crippen LogP contribution is -2.38. The maximum absolute atomic E-state index is 12.3. The van der Waals surface area contributed by atoms with Gasteiger partial charge < -0.3 is 20.2 Å². The van der Waals surface area contributed by atoms with Gasteiger partial charge in [0.2, 0.25) is 0 Å². The van der Waals surface area contributed by atoms with E-state index >= 15 is 0 Å². The number of H-pyrrole nitrogens is 1. The van der Waals surface area contributed by atoms with E-state index in [2.05, 4.69) is 14.8 Å². The number of anilines is 1. The quantitative estimate of drug-likeness (QED) is 0.380. The fourth-order valence-electron chi connectivity index (χ4n) is 3.01. The molecule has 9 nitrogen and oxygen atoms in total. The number of carbonyl (C=O) groups excluding carboxylic acids is 2. The minimum atomic E-state index is -0.834. The van der Waals surface area contributed by atoms with Crippen LogP contribution < -0.4 is 16.8 Å². The van der Waals surface area contributed by atoms with Crippen LogP contribution in [0.3, 0.4) is 0 Å². The Morgan fingerprint density at radius 2 is 1.97 bits per heavy atom. The van der Waals surface area contributed by atoms with Gasteiger partial charge in [-0.1, -0.05) is 36.4 Å². The normalized spacial score (nSPS) is 11.6. The van der Waals surface area contributed by atoms with Crippen molar-refractivity contribution in [3.05, 3.63) is 70.5 Å². The number of ether oxygens (including phenoxy) is 1. The van der Waals surface area contributed by atoms with E-state index in [1.54, 1.807) is 6.92 Å². The number of nitrogens with two attached hydrogens (primary N) is 1. The first kappa shape index (κ1) is 20.8. The number of aromatic amines is 1. The van der Waals surface area contributed by atoms with Gasteiger partial charge in [-0.2, -0.15) is 0 Å². The Morgan fingerprint density at radius 1 is 1.20 bits per heavy atom. The molecule has 4 N–H and O–H groups in total. The predicted octanol–water partition coefficient (Wildman–Crippen LogP) is 1.91. The van der Waals surface area contributed by atoms with Crippen molar-refractivity contribution in [2.45, 2.75) is 25.8 Å². The van der Waals surface area contributed by atoms with Crippen LogP contribution >= 0.6 is 0 Å². The zero-order valence-electron chi connectivity index (χ0n) is 16.4. The van der Waals surface area contributed by atoms with Crippen LogP contribution in [0.2, 0.25) is 0 Å². The van der Waals surface area contributed by atoms with Crippen LogP contribution in [0.15, 0.2) is 57.7 Å². The Hall–Kier alpha value is -3.88. The fraction of sp³-hybridized carbons (Fsp3) is 0.238. The summed E-state index contributed by atoms with van der Waals surface area (Å²) in [5.41, 5.74) is 9.41. The van der Waals surface area contributed by atoms with Crippen LogP contribution in [0.5, 0.6) is 0 Å². The Morgan fingerprint density at radius 3 is 2.60 bits per heavy atom. The summed E-state index contributed by atoms with van der Waals surface area (Å²) in [6.45, 7) is 1.95. The van der Waals surface area contributed by atoms with E-state index in [0.717, 1.165) is 16.7 Å². The molecule has 0 unspecified atom stereocenters. The molecule has 0 aliphatic rings. The second kappa shape index (κ2) is 9.55. The molecule has 1 atom stereocenters. The number of amides is 1. The van der Waals surface area contributed by atoms with Gasteiger partial charge >= 0.3 is 23.5 Å². The van der Waals surface area contributed by atoms with Crippen molar-refractivity contribution in [3.63, 3.8) is 0 Å². The molecule has 1 heterocycles. The van der Waals surface area contributed by atoms with E-state index in [-0.39, 0.29) is 13.0 Å². The lowest BCUT2D eigenvalue weighted by Gasteiger charge is -2.17. The van der Waals surface area contributed by atoms with Gasteiger partial charge in [0, 0.05) is 11.7 Å². The molecule has 0 radical (unpaired) electrons. The number of hydrogen-bond donors (Lipinski definition) is 3. The van der Waals surface area contributed by atoms with Crippen LogP contribution in [-0.4, -0.2) is 34.7 Å². The first-order valence-electron chi connectivity index (χ1n) is 9.41. The molecule has 2 aromatic carbocycles. The first-order chi connectivity index (χ1) is 14.4. The number of nitrogen functional groups attached to an aromatic ring is 1. The summed E-state index contributed by atoms with van der Waals surface area (Å²) in [4.78, 5) is 35.3. The summed E-state index contributed by atoms with van der Waals surface area (Å²) in [5, 5.41) is 8.19. The molecule has 30 heavy (non-hydrogen) atoms. The smallest absolute Gasteiger partial charge is 0.434 e.